The first-order valence-corrected chi connectivity index (χ1v) is 9.89. The molecule has 0 radical (unpaired) electrons. The largest absolute Gasteiger partial charge is 0.336 e. The number of hydrogen-bond donors (Lipinski definition) is 2. The number of hydrogen-bond acceptors (Lipinski definition) is 3. The SMILES string of the molecule is CC(=O)N(Cc1ccc(NC(=O)CC(C)C2CCNCC2)cc1)C1CC1. The normalized spacial score (nSPS) is 19.0. The second-order valence-electron chi connectivity index (χ2n) is 7.89. The zero-order valence-corrected chi connectivity index (χ0v) is 16.0. The van der Waals surface area contributed by atoms with E-state index in [1.807, 2.05) is 29.2 Å². The Labute approximate surface area is 156 Å². The van der Waals surface area contributed by atoms with Crippen LogP contribution in [0, 0.1) is 11.8 Å². The Bertz CT molecular complexity index is 619. The molecular weight excluding hydrogens is 326 g/mol. The lowest BCUT2D eigenvalue weighted by molar-refractivity contribution is -0.130. The molecule has 142 valence electrons. The monoisotopic (exact) mass is 357 g/mol. The molecule has 2 amide bonds. The van der Waals surface area contributed by atoms with Crippen LogP contribution in [-0.2, 0) is 16.1 Å². The van der Waals surface area contributed by atoms with E-state index in [4.69, 9.17) is 0 Å². The van der Waals surface area contributed by atoms with Gasteiger partial charge in [-0.1, -0.05) is 19.1 Å². The number of benzene rings is 1. The van der Waals surface area contributed by atoms with Crippen molar-refractivity contribution < 1.29 is 9.59 Å². The van der Waals surface area contributed by atoms with Gasteiger partial charge in [-0.05, 0) is 68.3 Å². The predicted molar refractivity (Wildman–Crippen MR) is 104 cm³/mol. The molecule has 2 aliphatic rings. The number of piperidine rings is 1. The molecule has 26 heavy (non-hydrogen) atoms. The minimum absolute atomic E-state index is 0.0899. The maximum absolute atomic E-state index is 12.3. The van der Waals surface area contributed by atoms with Crippen molar-refractivity contribution in [2.75, 3.05) is 18.4 Å². The number of carbonyl (C=O) groups excluding carboxylic acids is 2. The molecule has 2 fully saturated rings. The van der Waals surface area contributed by atoms with Gasteiger partial charge in [0.15, 0.2) is 0 Å². The molecule has 1 aliphatic carbocycles. The highest BCUT2D eigenvalue weighted by Gasteiger charge is 2.30. The number of rotatable bonds is 7. The Morgan fingerprint density at radius 2 is 1.81 bits per heavy atom. The molecule has 5 heteroatoms. The fraction of sp³-hybridized carbons (Fsp3) is 0.619. The molecule has 1 aromatic carbocycles. The van der Waals surface area contributed by atoms with E-state index >= 15 is 0 Å². The van der Waals surface area contributed by atoms with E-state index in [1.165, 1.54) is 0 Å². The molecule has 1 heterocycles. The molecule has 3 rings (SSSR count). The van der Waals surface area contributed by atoms with Crippen LogP contribution in [0.2, 0.25) is 0 Å². The van der Waals surface area contributed by atoms with Crippen LogP contribution in [0.1, 0.15) is 51.5 Å². The summed E-state index contributed by atoms with van der Waals surface area (Å²) in [4.78, 5) is 26.0. The Morgan fingerprint density at radius 3 is 2.38 bits per heavy atom. The Morgan fingerprint density at radius 1 is 1.15 bits per heavy atom. The first kappa shape index (κ1) is 18.9. The summed E-state index contributed by atoms with van der Waals surface area (Å²) in [6, 6.07) is 8.30. The number of carbonyl (C=O) groups is 2. The van der Waals surface area contributed by atoms with Crippen LogP contribution in [0.3, 0.4) is 0 Å². The lowest BCUT2D eigenvalue weighted by atomic mass is 9.84. The van der Waals surface area contributed by atoms with Gasteiger partial charge in [-0.15, -0.1) is 0 Å². The first-order chi connectivity index (χ1) is 12.5. The molecule has 1 saturated carbocycles. The fourth-order valence-electron chi connectivity index (χ4n) is 3.86. The van der Waals surface area contributed by atoms with E-state index in [1.54, 1.807) is 6.92 Å². The number of nitrogens with zero attached hydrogens (tertiary/aromatic N) is 1. The summed E-state index contributed by atoms with van der Waals surface area (Å²) in [5.41, 5.74) is 1.94. The number of amides is 2. The number of anilines is 1. The predicted octanol–water partition coefficient (Wildman–Crippen LogP) is 3.16. The van der Waals surface area contributed by atoms with E-state index in [-0.39, 0.29) is 11.8 Å². The van der Waals surface area contributed by atoms with Crippen molar-refractivity contribution in [2.45, 2.75) is 58.5 Å². The highest BCUT2D eigenvalue weighted by Crippen LogP contribution is 2.29. The van der Waals surface area contributed by atoms with Crippen LogP contribution in [-0.4, -0.2) is 35.8 Å². The van der Waals surface area contributed by atoms with Crippen molar-refractivity contribution in [3.8, 4) is 0 Å². The average molecular weight is 357 g/mol. The minimum atomic E-state index is 0.0899. The van der Waals surface area contributed by atoms with Crippen molar-refractivity contribution >= 4 is 17.5 Å². The topological polar surface area (TPSA) is 61.4 Å². The summed E-state index contributed by atoms with van der Waals surface area (Å²) in [7, 11) is 0. The number of nitrogens with one attached hydrogen (secondary N) is 2. The van der Waals surface area contributed by atoms with Crippen LogP contribution in [0.5, 0.6) is 0 Å². The average Bonchev–Trinajstić information content (AvgIpc) is 3.46. The van der Waals surface area contributed by atoms with Crippen molar-refractivity contribution in [3.05, 3.63) is 29.8 Å². The summed E-state index contributed by atoms with van der Waals surface area (Å²) in [5.74, 6) is 1.28. The van der Waals surface area contributed by atoms with Gasteiger partial charge in [0.05, 0.1) is 0 Å². The van der Waals surface area contributed by atoms with Crippen molar-refractivity contribution in [1.82, 2.24) is 10.2 Å². The highest BCUT2D eigenvalue weighted by atomic mass is 16.2. The second kappa shape index (κ2) is 8.67. The van der Waals surface area contributed by atoms with Gasteiger partial charge >= 0.3 is 0 Å². The quantitative estimate of drug-likeness (QED) is 0.788. The van der Waals surface area contributed by atoms with Crippen molar-refractivity contribution in [1.29, 1.82) is 0 Å². The minimum Gasteiger partial charge on any atom is -0.336 e. The molecule has 5 nitrogen and oxygen atoms in total. The van der Waals surface area contributed by atoms with Gasteiger partial charge in [-0.3, -0.25) is 9.59 Å². The van der Waals surface area contributed by atoms with Crippen molar-refractivity contribution in [3.63, 3.8) is 0 Å². The molecule has 0 bridgehead atoms. The maximum atomic E-state index is 12.3. The van der Waals surface area contributed by atoms with Gasteiger partial charge in [0.25, 0.3) is 0 Å². The Kier molecular flexibility index (Phi) is 6.30. The van der Waals surface area contributed by atoms with E-state index in [0.717, 1.165) is 50.0 Å². The highest BCUT2D eigenvalue weighted by molar-refractivity contribution is 5.90. The van der Waals surface area contributed by atoms with Crippen LogP contribution >= 0.6 is 0 Å². The molecule has 0 spiro atoms. The molecule has 1 saturated heterocycles. The molecule has 1 unspecified atom stereocenters. The van der Waals surface area contributed by atoms with Gasteiger partial charge < -0.3 is 15.5 Å². The second-order valence-corrected chi connectivity index (χ2v) is 7.89. The van der Waals surface area contributed by atoms with Gasteiger partial charge in [-0.25, -0.2) is 0 Å². The summed E-state index contributed by atoms with van der Waals surface area (Å²) >= 11 is 0. The molecular formula is C21H31N3O2. The standard InChI is InChI=1S/C21H31N3O2/c1-15(18-9-11-22-12-10-18)13-21(26)23-19-5-3-17(4-6-19)14-24(16(2)25)20-7-8-20/h3-6,15,18,20,22H,7-14H2,1-2H3,(H,23,26). The molecule has 1 atom stereocenters. The molecule has 2 N–H and O–H groups in total. The van der Waals surface area contributed by atoms with Crippen LogP contribution < -0.4 is 10.6 Å². The van der Waals surface area contributed by atoms with Crippen LogP contribution in [0.15, 0.2) is 24.3 Å². The third kappa shape index (κ3) is 5.31. The maximum Gasteiger partial charge on any atom is 0.224 e. The third-order valence-electron chi connectivity index (χ3n) is 5.68. The summed E-state index contributed by atoms with van der Waals surface area (Å²) < 4.78 is 0. The molecule has 1 aliphatic heterocycles. The van der Waals surface area contributed by atoms with Crippen LogP contribution in [0.25, 0.3) is 0 Å². The summed E-state index contributed by atoms with van der Waals surface area (Å²) in [6.45, 7) is 6.61. The molecule has 0 aromatic heterocycles. The third-order valence-corrected chi connectivity index (χ3v) is 5.68. The van der Waals surface area contributed by atoms with E-state index in [9.17, 15) is 9.59 Å². The van der Waals surface area contributed by atoms with E-state index in [2.05, 4.69) is 17.6 Å². The van der Waals surface area contributed by atoms with Gasteiger partial charge in [0, 0.05) is 31.6 Å². The summed E-state index contributed by atoms with van der Waals surface area (Å²) in [5, 5.41) is 6.39. The summed E-state index contributed by atoms with van der Waals surface area (Å²) in [6.07, 6.45) is 5.13. The zero-order chi connectivity index (χ0) is 18.5. The smallest absolute Gasteiger partial charge is 0.224 e. The fourth-order valence-corrected chi connectivity index (χ4v) is 3.86. The lowest BCUT2D eigenvalue weighted by Crippen LogP contribution is -2.32. The van der Waals surface area contributed by atoms with Gasteiger partial charge in [0.2, 0.25) is 11.8 Å². The first-order valence-electron chi connectivity index (χ1n) is 9.89. The van der Waals surface area contributed by atoms with E-state index in [0.29, 0.717) is 30.8 Å². The van der Waals surface area contributed by atoms with Crippen LogP contribution in [0.4, 0.5) is 5.69 Å². The Balaban J connectivity index is 1.48. The van der Waals surface area contributed by atoms with Crippen molar-refractivity contribution in [2.24, 2.45) is 11.8 Å². The Hall–Kier alpha value is -1.88. The lowest BCUT2D eigenvalue weighted by Gasteiger charge is -2.27. The zero-order valence-electron chi connectivity index (χ0n) is 16.0. The van der Waals surface area contributed by atoms with E-state index < -0.39 is 0 Å². The van der Waals surface area contributed by atoms with Gasteiger partial charge in [0.1, 0.15) is 0 Å². The molecule has 1 aromatic rings. The van der Waals surface area contributed by atoms with Gasteiger partial charge in [-0.2, -0.15) is 0 Å².